The van der Waals surface area contributed by atoms with Gasteiger partial charge in [-0.15, -0.1) is 0 Å². The molecular weight excluding hydrogens is 248 g/mol. The molecule has 18 heavy (non-hydrogen) atoms. The predicted octanol–water partition coefficient (Wildman–Crippen LogP) is 4.06. The number of nitrogens with one attached hydrogen (secondary N) is 1. The molecule has 0 bridgehead atoms. The molecule has 4 heteroatoms. The van der Waals surface area contributed by atoms with Crippen LogP contribution in [0.25, 0.3) is 0 Å². The summed E-state index contributed by atoms with van der Waals surface area (Å²) in [6.07, 6.45) is 0. The molecule has 2 aromatic carbocycles. The first-order chi connectivity index (χ1) is 8.70. The number of halogens is 1. The fourth-order valence-corrected chi connectivity index (χ4v) is 1.81. The van der Waals surface area contributed by atoms with Gasteiger partial charge in [-0.05, 0) is 37.3 Å². The number of anilines is 3. The Morgan fingerprint density at radius 3 is 2.72 bits per heavy atom. The van der Waals surface area contributed by atoms with Gasteiger partial charge in [-0.1, -0.05) is 23.7 Å². The minimum atomic E-state index is 0.615. The van der Waals surface area contributed by atoms with Crippen LogP contribution in [0.5, 0.6) is 5.75 Å². The fraction of sp³-hybridized carbons (Fsp3) is 0.143. The predicted molar refractivity (Wildman–Crippen MR) is 76.8 cm³/mol. The molecule has 0 saturated carbocycles. The van der Waals surface area contributed by atoms with Crippen molar-refractivity contribution in [3.8, 4) is 5.75 Å². The lowest BCUT2D eigenvalue weighted by Crippen LogP contribution is -1.99. The standard InChI is InChI=1S/C14H15ClN2O/c1-2-18-14-6-4-3-5-12(14)17-13-9-10(15)7-8-11(13)16/h3-9,17H,2,16H2,1H3. The molecule has 0 aliphatic heterocycles. The monoisotopic (exact) mass is 262 g/mol. The second kappa shape index (κ2) is 5.65. The molecule has 0 aliphatic carbocycles. The van der Waals surface area contributed by atoms with E-state index in [1.54, 1.807) is 18.2 Å². The molecule has 3 N–H and O–H groups in total. The number of para-hydroxylation sites is 2. The Kier molecular flexibility index (Phi) is 3.95. The molecule has 0 fully saturated rings. The zero-order valence-electron chi connectivity index (χ0n) is 10.1. The van der Waals surface area contributed by atoms with Crippen molar-refractivity contribution in [3.63, 3.8) is 0 Å². The highest BCUT2D eigenvalue weighted by Gasteiger charge is 2.05. The topological polar surface area (TPSA) is 47.3 Å². The maximum absolute atomic E-state index is 5.96. The number of ether oxygens (including phenoxy) is 1. The smallest absolute Gasteiger partial charge is 0.142 e. The maximum atomic E-state index is 5.96. The highest BCUT2D eigenvalue weighted by molar-refractivity contribution is 6.31. The van der Waals surface area contributed by atoms with Crippen molar-refractivity contribution in [2.24, 2.45) is 0 Å². The number of rotatable bonds is 4. The van der Waals surface area contributed by atoms with Crippen molar-refractivity contribution in [2.45, 2.75) is 6.92 Å². The number of hydrogen-bond acceptors (Lipinski definition) is 3. The molecule has 0 aromatic heterocycles. The van der Waals surface area contributed by atoms with E-state index in [1.165, 1.54) is 0 Å². The zero-order chi connectivity index (χ0) is 13.0. The van der Waals surface area contributed by atoms with Gasteiger partial charge in [0, 0.05) is 5.02 Å². The molecule has 0 atom stereocenters. The van der Waals surface area contributed by atoms with Crippen molar-refractivity contribution in [3.05, 3.63) is 47.5 Å². The molecule has 3 nitrogen and oxygen atoms in total. The van der Waals surface area contributed by atoms with E-state index in [-0.39, 0.29) is 0 Å². The first-order valence-electron chi connectivity index (χ1n) is 5.74. The normalized spacial score (nSPS) is 10.1. The van der Waals surface area contributed by atoms with Crippen LogP contribution >= 0.6 is 11.6 Å². The van der Waals surface area contributed by atoms with E-state index in [4.69, 9.17) is 22.1 Å². The van der Waals surface area contributed by atoms with E-state index in [1.807, 2.05) is 31.2 Å². The van der Waals surface area contributed by atoms with E-state index < -0.39 is 0 Å². The lowest BCUT2D eigenvalue weighted by atomic mass is 10.2. The lowest BCUT2D eigenvalue weighted by Gasteiger charge is -2.13. The average Bonchev–Trinajstić information content (AvgIpc) is 2.36. The number of benzene rings is 2. The zero-order valence-corrected chi connectivity index (χ0v) is 10.9. The van der Waals surface area contributed by atoms with E-state index in [9.17, 15) is 0 Å². The van der Waals surface area contributed by atoms with Crippen LogP contribution in [0.2, 0.25) is 5.02 Å². The SMILES string of the molecule is CCOc1ccccc1Nc1cc(Cl)ccc1N. The number of nitrogen functional groups attached to an aromatic ring is 1. The second-order valence-corrected chi connectivity index (χ2v) is 4.22. The highest BCUT2D eigenvalue weighted by Crippen LogP contribution is 2.31. The van der Waals surface area contributed by atoms with Gasteiger partial charge in [0.25, 0.3) is 0 Å². The van der Waals surface area contributed by atoms with Gasteiger partial charge in [0.2, 0.25) is 0 Å². The third-order valence-electron chi connectivity index (χ3n) is 2.47. The fourth-order valence-electron chi connectivity index (χ4n) is 1.63. The van der Waals surface area contributed by atoms with Gasteiger partial charge in [-0.25, -0.2) is 0 Å². The summed E-state index contributed by atoms with van der Waals surface area (Å²) < 4.78 is 5.54. The summed E-state index contributed by atoms with van der Waals surface area (Å²) >= 11 is 5.96. The lowest BCUT2D eigenvalue weighted by molar-refractivity contribution is 0.342. The Bertz CT molecular complexity index is 543. The van der Waals surface area contributed by atoms with E-state index in [0.29, 0.717) is 17.3 Å². The van der Waals surface area contributed by atoms with Crippen molar-refractivity contribution < 1.29 is 4.74 Å². The molecule has 0 unspecified atom stereocenters. The van der Waals surface area contributed by atoms with Gasteiger partial charge in [0.1, 0.15) is 5.75 Å². The van der Waals surface area contributed by atoms with Gasteiger partial charge in [-0.2, -0.15) is 0 Å². The third-order valence-corrected chi connectivity index (χ3v) is 2.71. The third kappa shape index (κ3) is 2.87. The summed E-state index contributed by atoms with van der Waals surface area (Å²) in [4.78, 5) is 0. The Labute approximate surface area is 112 Å². The molecule has 2 rings (SSSR count). The summed E-state index contributed by atoms with van der Waals surface area (Å²) in [7, 11) is 0. The summed E-state index contributed by atoms with van der Waals surface area (Å²) in [5.41, 5.74) is 8.19. The first kappa shape index (κ1) is 12.6. The Morgan fingerprint density at radius 1 is 1.17 bits per heavy atom. The summed E-state index contributed by atoms with van der Waals surface area (Å²) in [5.74, 6) is 0.791. The molecular formula is C14H15ClN2O. The minimum Gasteiger partial charge on any atom is -0.492 e. The molecule has 0 amide bonds. The van der Waals surface area contributed by atoms with Crippen LogP contribution in [0.3, 0.4) is 0 Å². The van der Waals surface area contributed by atoms with Crippen LogP contribution in [-0.2, 0) is 0 Å². The van der Waals surface area contributed by atoms with Crippen LogP contribution in [0.15, 0.2) is 42.5 Å². The van der Waals surface area contributed by atoms with E-state index in [2.05, 4.69) is 5.32 Å². The van der Waals surface area contributed by atoms with Crippen LogP contribution in [-0.4, -0.2) is 6.61 Å². The quantitative estimate of drug-likeness (QED) is 0.817. The Hall–Kier alpha value is -1.87. The van der Waals surface area contributed by atoms with E-state index in [0.717, 1.165) is 17.1 Å². The molecule has 0 spiro atoms. The minimum absolute atomic E-state index is 0.615. The van der Waals surface area contributed by atoms with Gasteiger partial charge >= 0.3 is 0 Å². The van der Waals surface area contributed by atoms with E-state index >= 15 is 0 Å². The van der Waals surface area contributed by atoms with Crippen molar-refractivity contribution in [2.75, 3.05) is 17.7 Å². The van der Waals surface area contributed by atoms with Gasteiger partial charge in [0.15, 0.2) is 0 Å². The van der Waals surface area contributed by atoms with Gasteiger partial charge in [-0.3, -0.25) is 0 Å². The second-order valence-electron chi connectivity index (χ2n) is 3.79. The van der Waals surface area contributed by atoms with Crippen LogP contribution in [0.4, 0.5) is 17.1 Å². The molecule has 0 saturated heterocycles. The van der Waals surface area contributed by atoms with Crippen molar-refractivity contribution in [1.82, 2.24) is 0 Å². The maximum Gasteiger partial charge on any atom is 0.142 e. The first-order valence-corrected chi connectivity index (χ1v) is 6.12. The van der Waals surface area contributed by atoms with Crippen LogP contribution < -0.4 is 15.8 Å². The Morgan fingerprint density at radius 2 is 1.94 bits per heavy atom. The van der Waals surface area contributed by atoms with Crippen molar-refractivity contribution >= 4 is 28.7 Å². The molecule has 0 radical (unpaired) electrons. The van der Waals surface area contributed by atoms with Gasteiger partial charge < -0.3 is 15.8 Å². The summed E-state index contributed by atoms with van der Waals surface area (Å²) in [6, 6.07) is 13.0. The molecule has 94 valence electrons. The average molecular weight is 263 g/mol. The molecule has 0 heterocycles. The number of nitrogens with two attached hydrogens (primary N) is 1. The van der Waals surface area contributed by atoms with Crippen molar-refractivity contribution in [1.29, 1.82) is 0 Å². The van der Waals surface area contributed by atoms with Crippen LogP contribution in [0, 0.1) is 0 Å². The largest absolute Gasteiger partial charge is 0.492 e. The summed E-state index contributed by atoms with van der Waals surface area (Å²) in [6.45, 7) is 2.56. The molecule has 2 aromatic rings. The highest BCUT2D eigenvalue weighted by atomic mass is 35.5. The van der Waals surface area contributed by atoms with Crippen LogP contribution in [0.1, 0.15) is 6.92 Å². The van der Waals surface area contributed by atoms with Gasteiger partial charge in [0.05, 0.1) is 23.7 Å². The molecule has 0 aliphatic rings. The summed E-state index contributed by atoms with van der Waals surface area (Å²) in [5, 5.41) is 3.87. The number of hydrogen-bond donors (Lipinski definition) is 2. The Balaban J connectivity index is 2.30.